The maximum atomic E-state index is 16.8. The molecule has 6 rings (SSSR count). The Labute approximate surface area is 276 Å². The van der Waals surface area contributed by atoms with E-state index in [1.165, 1.54) is 25.9 Å². The zero-order valence-corrected chi connectivity index (χ0v) is 29.3. The Kier molecular flexibility index (Phi) is 9.16. The number of aromatic nitrogens is 3. The lowest BCUT2D eigenvalue weighted by molar-refractivity contribution is 0.0512. The van der Waals surface area contributed by atoms with E-state index < -0.39 is 25.3 Å². The SMILES string of the molecule is COCOc1cc(-c2[nH]c(=O)c3c(N4CC5CCC(C5)C4)ncnc3c2F)c2c(C#C[Si](C(C)C)(C(C)C)C(C)C)c(F)ccc2c1. The van der Waals surface area contributed by atoms with Gasteiger partial charge in [-0.15, -0.1) is 5.54 Å². The van der Waals surface area contributed by atoms with Crippen LogP contribution in [-0.2, 0) is 4.74 Å². The molecule has 2 bridgehead atoms. The van der Waals surface area contributed by atoms with Gasteiger partial charge in [0.1, 0.15) is 42.7 Å². The van der Waals surface area contributed by atoms with E-state index in [1.54, 1.807) is 18.2 Å². The zero-order chi connectivity index (χ0) is 33.6. The monoisotopic (exact) mass is 658 g/mol. The van der Waals surface area contributed by atoms with Gasteiger partial charge in [0.05, 0.1) is 11.3 Å². The maximum absolute atomic E-state index is 16.8. The number of halogens is 2. The second kappa shape index (κ2) is 13.0. The molecule has 7 nitrogen and oxygen atoms in total. The number of H-pyrrole nitrogens is 1. The van der Waals surface area contributed by atoms with Crippen molar-refractivity contribution in [2.75, 3.05) is 31.9 Å². The van der Waals surface area contributed by atoms with Crippen molar-refractivity contribution in [3.05, 3.63) is 58.1 Å². The van der Waals surface area contributed by atoms with Crippen molar-refractivity contribution < 1.29 is 18.3 Å². The van der Waals surface area contributed by atoms with Crippen LogP contribution in [0.2, 0.25) is 16.6 Å². The number of hydrogen-bond donors (Lipinski definition) is 1. The van der Waals surface area contributed by atoms with Gasteiger partial charge in [-0.2, -0.15) is 0 Å². The highest BCUT2D eigenvalue weighted by Gasteiger charge is 2.42. The first kappa shape index (κ1) is 33.1. The van der Waals surface area contributed by atoms with Crippen molar-refractivity contribution in [1.29, 1.82) is 0 Å². The number of aromatic amines is 1. The predicted octanol–water partition coefficient (Wildman–Crippen LogP) is 8.21. The fourth-order valence-electron chi connectivity index (χ4n) is 8.45. The number of hydrogen-bond acceptors (Lipinski definition) is 6. The molecule has 0 radical (unpaired) electrons. The first-order valence-corrected chi connectivity index (χ1v) is 18.9. The summed E-state index contributed by atoms with van der Waals surface area (Å²) in [7, 11) is -0.748. The van der Waals surface area contributed by atoms with E-state index in [0.717, 1.165) is 25.9 Å². The van der Waals surface area contributed by atoms with Gasteiger partial charge in [0.15, 0.2) is 12.6 Å². The minimum absolute atomic E-state index is 0.0464. The third-order valence-corrected chi connectivity index (χ3v) is 16.8. The Morgan fingerprint density at radius 3 is 2.32 bits per heavy atom. The minimum Gasteiger partial charge on any atom is -0.468 e. The smallest absolute Gasteiger partial charge is 0.261 e. The zero-order valence-electron chi connectivity index (χ0n) is 28.3. The Morgan fingerprint density at radius 2 is 1.68 bits per heavy atom. The molecule has 0 amide bonds. The van der Waals surface area contributed by atoms with Gasteiger partial charge in [-0.1, -0.05) is 53.5 Å². The number of methoxy groups -OCH3 is 1. The quantitative estimate of drug-likeness (QED) is 0.117. The molecule has 4 aromatic rings. The van der Waals surface area contributed by atoms with Crippen molar-refractivity contribution in [3.63, 3.8) is 0 Å². The van der Waals surface area contributed by atoms with Gasteiger partial charge in [0, 0.05) is 31.1 Å². The molecule has 0 spiro atoms. The number of pyridine rings is 1. The average Bonchev–Trinajstić information content (AvgIpc) is 3.38. The first-order valence-electron chi connectivity index (χ1n) is 16.7. The summed E-state index contributed by atoms with van der Waals surface area (Å²) in [6, 6.07) is 6.36. The standard InChI is InChI=1S/C37H44F2N4O3Si/c1-21(2)47(22(3)4,23(5)6)13-12-28-30(38)11-10-26-15-27(46-20-45-7)16-29(31(26)28)34-33(39)35-32(37(44)42-34)36(41-19-40-35)43-17-24-8-9-25(14-24)18-43/h10-11,15-16,19,21-25H,8-9,14,17-18,20H2,1-7H3,(H,42,44). The molecule has 2 fully saturated rings. The molecule has 248 valence electrons. The Hall–Kier alpha value is -3.81. The number of ether oxygens (including phenoxy) is 2. The molecule has 1 saturated carbocycles. The van der Waals surface area contributed by atoms with Crippen LogP contribution in [0.5, 0.6) is 5.75 Å². The molecular weight excluding hydrogens is 615 g/mol. The van der Waals surface area contributed by atoms with Gasteiger partial charge >= 0.3 is 0 Å². The Morgan fingerprint density at radius 1 is 1.00 bits per heavy atom. The van der Waals surface area contributed by atoms with E-state index in [0.29, 0.717) is 50.8 Å². The number of benzene rings is 2. The van der Waals surface area contributed by atoms with E-state index in [2.05, 4.69) is 72.9 Å². The number of nitrogens with one attached hydrogen (secondary N) is 1. The number of fused-ring (bicyclic) bond motifs is 4. The topological polar surface area (TPSA) is 80.3 Å². The highest BCUT2D eigenvalue weighted by Crippen LogP contribution is 2.43. The Bertz CT molecular complexity index is 1910. The summed E-state index contributed by atoms with van der Waals surface area (Å²) in [4.78, 5) is 27.6. The summed E-state index contributed by atoms with van der Waals surface area (Å²) in [6.45, 7) is 14.7. The van der Waals surface area contributed by atoms with E-state index in [-0.39, 0.29) is 34.5 Å². The van der Waals surface area contributed by atoms with Crippen molar-refractivity contribution in [1.82, 2.24) is 15.0 Å². The molecule has 2 aromatic carbocycles. The first-order chi connectivity index (χ1) is 22.5. The minimum atomic E-state index is -2.25. The van der Waals surface area contributed by atoms with Crippen LogP contribution in [0.1, 0.15) is 66.4 Å². The number of nitrogens with zero attached hydrogens (tertiary/aromatic N) is 3. The van der Waals surface area contributed by atoms with Crippen LogP contribution in [0.15, 0.2) is 35.4 Å². The third kappa shape index (κ3) is 5.82. The molecule has 3 heterocycles. The van der Waals surface area contributed by atoms with Crippen molar-refractivity contribution >= 4 is 35.6 Å². The molecule has 1 aliphatic heterocycles. The molecule has 10 heteroatoms. The molecular formula is C37H44F2N4O3Si. The van der Waals surface area contributed by atoms with E-state index in [4.69, 9.17) is 9.47 Å². The molecule has 1 aliphatic carbocycles. The lowest BCUT2D eigenvalue weighted by Gasteiger charge is -2.38. The molecule has 2 aliphatic rings. The Balaban J connectivity index is 1.61. The summed E-state index contributed by atoms with van der Waals surface area (Å²) in [5, 5.41) is 1.12. The number of piperidine rings is 1. The van der Waals surface area contributed by atoms with E-state index >= 15 is 8.78 Å². The largest absolute Gasteiger partial charge is 0.468 e. The van der Waals surface area contributed by atoms with Gasteiger partial charge in [0.2, 0.25) is 0 Å². The molecule has 1 N–H and O–H groups in total. The highest BCUT2D eigenvalue weighted by molar-refractivity contribution is 6.90. The number of rotatable bonds is 8. The van der Waals surface area contributed by atoms with Crippen LogP contribution < -0.4 is 15.2 Å². The predicted molar refractivity (Wildman–Crippen MR) is 186 cm³/mol. The van der Waals surface area contributed by atoms with Gasteiger partial charge in [0.25, 0.3) is 5.56 Å². The van der Waals surface area contributed by atoms with Gasteiger partial charge in [-0.05, 0) is 71.3 Å². The van der Waals surface area contributed by atoms with Crippen LogP contribution in [0.25, 0.3) is 32.9 Å². The summed E-state index contributed by atoms with van der Waals surface area (Å²) in [5.74, 6) is 3.97. The van der Waals surface area contributed by atoms with Crippen molar-refractivity contribution in [2.24, 2.45) is 11.8 Å². The van der Waals surface area contributed by atoms with E-state index in [1.807, 2.05) is 0 Å². The highest BCUT2D eigenvalue weighted by atomic mass is 28.3. The van der Waals surface area contributed by atoms with E-state index in [9.17, 15) is 4.79 Å². The fraction of sp³-hybridized carbons (Fsp3) is 0.486. The van der Waals surface area contributed by atoms with Crippen molar-refractivity contribution in [3.8, 4) is 28.5 Å². The molecule has 2 unspecified atom stereocenters. The summed E-state index contributed by atoms with van der Waals surface area (Å²) >= 11 is 0. The third-order valence-electron chi connectivity index (χ3n) is 10.6. The van der Waals surface area contributed by atoms with Crippen LogP contribution >= 0.6 is 0 Å². The van der Waals surface area contributed by atoms with Crippen molar-refractivity contribution in [2.45, 2.75) is 77.4 Å². The van der Waals surface area contributed by atoms with Gasteiger partial charge < -0.3 is 19.4 Å². The lowest BCUT2D eigenvalue weighted by Crippen LogP contribution is -2.43. The van der Waals surface area contributed by atoms with Gasteiger partial charge in [-0.3, -0.25) is 4.79 Å². The van der Waals surface area contributed by atoms with Crippen LogP contribution in [0.4, 0.5) is 14.6 Å². The summed E-state index contributed by atoms with van der Waals surface area (Å²) < 4.78 is 43.7. The number of anilines is 1. The van der Waals surface area contributed by atoms with Crippen LogP contribution in [0.3, 0.4) is 0 Å². The fourth-order valence-corrected chi connectivity index (χ4v) is 13.7. The maximum Gasteiger partial charge on any atom is 0.261 e. The normalized spacial score (nSPS) is 18.1. The summed E-state index contributed by atoms with van der Waals surface area (Å²) in [5.41, 5.74) is 4.38. The van der Waals surface area contributed by atoms with Crippen LogP contribution in [0, 0.1) is 34.9 Å². The second-order valence-corrected chi connectivity index (χ2v) is 19.8. The van der Waals surface area contributed by atoms with Crippen LogP contribution in [-0.4, -0.2) is 50.0 Å². The second-order valence-electron chi connectivity index (χ2n) is 14.2. The molecule has 2 aromatic heterocycles. The van der Waals surface area contributed by atoms with Gasteiger partial charge in [-0.25, -0.2) is 18.7 Å². The molecule has 2 atom stereocenters. The molecule has 47 heavy (non-hydrogen) atoms. The molecule has 1 saturated heterocycles. The summed E-state index contributed by atoms with van der Waals surface area (Å²) in [6.07, 6.45) is 4.82. The lowest BCUT2D eigenvalue weighted by atomic mass is 9.95. The average molecular weight is 659 g/mol.